The van der Waals surface area contributed by atoms with Crippen LogP contribution in [0.1, 0.15) is 40.0 Å². The second kappa shape index (κ2) is 10.0. The molecule has 0 aromatic rings. The van der Waals surface area contributed by atoms with E-state index in [2.05, 4.69) is 31.1 Å². The minimum atomic E-state index is -0.147. The second-order valence-electron chi connectivity index (χ2n) is 4.56. The first-order chi connectivity index (χ1) is 8.45. The van der Waals surface area contributed by atoms with Crippen LogP contribution in [-0.4, -0.2) is 39.1 Å². The molecule has 2 N–H and O–H groups in total. The van der Waals surface area contributed by atoms with Gasteiger partial charge in [-0.15, -0.1) is 0 Å². The van der Waals surface area contributed by atoms with Crippen LogP contribution in [0.25, 0.3) is 0 Å². The zero-order valence-electron chi connectivity index (χ0n) is 11.8. The number of hydrogen-bond acceptors (Lipinski definition) is 4. The van der Waals surface area contributed by atoms with E-state index < -0.39 is 0 Å². The normalized spacial score (nSPS) is 13.7. The highest BCUT2D eigenvalue weighted by Crippen LogP contribution is 2.02. The van der Waals surface area contributed by atoms with Gasteiger partial charge in [-0.3, -0.25) is 4.79 Å². The van der Waals surface area contributed by atoms with E-state index >= 15 is 0 Å². The zero-order chi connectivity index (χ0) is 14.0. The molecule has 4 nitrogen and oxygen atoms in total. The summed E-state index contributed by atoms with van der Waals surface area (Å²) in [5, 5.41) is 6.37. The Kier molecular flexibility index (Phi) is 9.47. The Bertz CT molecular complexity index is 259. The fraction of sp³-hybridized carbons (Fsp3) is 0.769. The van der Waals surface area contributed by atoms with Crippen molar-refractivity contribution in [1.82, 2.24) is 10.6 Å². The summed E-state index contributed by atoms with van der Waals surface area (Å²) in [6.45, 7) is 10.7. The Balaban J connectivity index is 3.56. The third-order valence-corrected chi connectivity index (χ3v) is 2.59. The van der Waals surface area contributed by atoms with E-state index in [1.165, 1.54) is 0 Å². The van der Waals surface area contributed by atoms with Gasteiger partial charge >= 0.3 is 5.97 Å². The third kappa shape index (κ3) is 10.2. The summed E-state index contributed by atoms with van der Waals surface area (Å²) in [7, 11) is 5.47. The predicted octanol–water partition coefficient (Wildman–Crippen LogP) is 1.32. The second-order valence-corrected chi connectivity index (χ2v) is 4.56. The first kappa shape index (κ1) is 17.0. The number of nitrogens with one attached hydrogen (secondary N) is 2. The van der Waals surface area contributed by atoms with Gasteiger partial charge in [-0.1, -0.05) is 6.58 Å². The Hall–Kier alpha value is -0.965. The Morgan fingerprint density at radius 2 is 1.94 bits per heavy atom. The van der Waals surface area contributed by atoms with Crippen molar-refractivity contribution in [3.8, 4) is 0 Å². The fourth-order valence-electron chi connectivity index (χ4n) is 1.64. The molecule has 0 aromatic carbocycles. The zero-order valence-corrected chi connectivity index (χ0v) is 11.8. The van der Waals surface area contributed by atoms with E-state index in [4.69, 9.17) is 12.6 Å². The molecule has 0 aliphatic heterocycles. The van der Waals surface area contributed by atoms with Gasteiger partial charge in [0.15, 0.2) is 0 Å². The van der Waals surface area contributed by atoms with E-state index in [1.807, 2.05) is 6.92 Å². The number of carbonyl (C=O) groups is 1. The van der Waals surface area contributed by atoms with Crippen LogP contribution in [0.15, 0.2) is 12.2 Å². The molecule has 102 valence electrons. The lowest BCUT2D eigenvalue weighted by Gasteiger charge is -2.18. The van der Waals surface area contributed by atoms with Gasteiger partial charge in [0, 0.05) is 18.6 Å². The van der Waals surface area contributed by atoms with Crippen LogP contribution in [-0.2, 0) is 9.53 Å². The van der Waals surface area contributed by atoms with Crippen molar-refractivity contribution in [2.24, 2.45) is 0 Å². The standard InChI is InChI=1S/C13H25BN2O2/c1-5-18-13(17)8-9-15-10(2)6-7-11(3)16-12(4)14/h10-11,15-16H,4-9H2,1-3H3. The fourth-order valence-corrected chi connectivity index (χ4v) is 1.64. The predicted molar refractivity (Wildman–Crippen MR) is 75.4 cm³/mol. The smallest absolute Gasteiger partial charge is 0.307 e. The van der Waals surface area contributed by atoms with Crippen LogP contribution in [0.3, 0.4) is 0 Å². The number of esters is 1. The third-order valence-electron chi connectivity index (χ3n) is 2.59. The summed E-state index contributed by atoms with van der Waals surface area (Å²) in [5.41, 5.74) is 0.505. The van der Waals surface area contributed by atoms with Crippen molar-refractivity contribution in [3.63, 3.8) is 0 Å². The minimum absolute atomic E-state index is 0.147. The molecule has 2 radical (unpaired) electrons. The maximum absolute atomic E-state index is 11.1. The molecular weight excluding hydrogens is 227 g/mol. The molecule has 0 saturated heterocycles. The average Bonchev–Trinajstić information content (AvgIpc) is 2.26. The first-order valence-electron chi connectivity index (χ1n) is 6.55. The average molecular weight is 252 g/mol. The van der Waals surface area contributed by atoms with Gasteiger partial charge in [-0.2, -0.15) is 0 Å². The molecule has 0 aromatic heterocycles. The van der Waals surface area contributed by atoms with Gasteiger partial charge in [-0.25, -0.2) is 0 Å². The molecule has 0 bridgehead atoms. The summed E-state index contributed by atoms with van der Waals surface area (Å²) in [5.74, 6) is -0.147. The number of hydrogen-bond donors (Lipinski definition) is 2. The maximum atomic E-state index is 11.1. The molecule has 18 heavy (non-hydrogen) atoms. The lowest BCUT2D eigenvalue weighted by molar-refractivity contribution is -0.142. The molecule has 2 atom stereocenters. The van der Waals surface area contributed by atoms with Crippen molar-refractivity contribution in [1.29, 1.82) is 0 Å². The summed E-state index contributed by atoms with van der Waals surface area (Å²) in [6, 6.07) is 0.687. The van der Waals surface area contributed by atoms with Crippen molar-refractivity contribution >= 4 is 13.8 Å². The largest absolute Gasteiger partial charge is 0.466 e. The lowest BCUT2D eigenvalue weighted by Crippen LogP contribution is -2.32. The monoisotopic (exact) mass is 252 g/mol. The van der Waals surface area contributed by atoms with Gasteiger partial charge in [-0.05, 0) is 39.2 Å². The van der Waals surface area contributed by atoms with Gasteiger partial charge in [0.25, 0.3) is 0 Å². The van der Waals surface area contributed by atoms with Gasteiger partial charge in [0.2, 0.25) is 0 Å². The van der Waals surface area contributed by atoms with Crippen LogP contribution in [0, 0.1) is 0 Å². The first-order valence-corrected chi connectivity index (χ1v) is 6.55. The van der Waals surface area contributed by atoms with E-state index in [9.17, 15) is 4.79 Å². The molecule has 2 unspecified atom stereocenters. The highest BCUT2D eigenvalue weighted by molar-refractivity contribution is 6.20. The summed E-state index contributed by atoms with van der Waals surface area (Å²) in [4.78, 5) is 11.1. The molecule has 5 heteroatoms. The van der Waals surface area contributed by atoms with Crippen molar-refractivity contribution in [3.05, 3.63) is 12.2 Å². The van der Waals surface area contributed by atoms with Gasteiger partial charge in [0.1, 0.15) is 7.85 Å². The molecule has 0 saturated carbocycles. The number of ether oxygens (including phenoxy) is 1. The highest BCUT2D eigenvalue weighted by Gasteiger charge is 2.07. The number of rotatable bonds is 10. The van der Waals surface area contributed by atoms with E-state index in [0.717, 1.165) is 12.8 Å². The molecule has 0 rings (SSSR count). The van der Waals surface area contributed by atoms with E-state index in [-0.39, 0.29) is 5.97 Å². The number of carbonyl (C=O) groups excluding carboxylic acids is 1. The van der Waals surface area contributed by atoms with Crippen molar-refractivity contribution < 1.29 is 9.53 Å². The van der Waals surface area contributed by atoms with Crippen molar-refractivity contribution in [2.45, 2.75) is 52.1 Å². The Labute approximate surface area is 112 Å². The molecule has 0 aliphatic carbocycles. The molecule has 0 heterocycles. The van der Waals surface area contributed by atoms with E-state index in [0.29, 0.717) is 37.3 Å². The Morgan fingerprint density at radius 1 is 1.33 bits per heavy atom. The topological polar surface area (TPSA) is 50.4 Å². The molecule has 0 spiro atoms. The molecule has 0 aliphatic rings. The van der Waals surface area contributed by atoms with E-state index in [1.54, 1.807) is 0 Å². The van der Waals surface area contributed by atoms with Crippen molar-refractivity contribution in [2.75, 3.05) is 13.2 Å². The van der Waals surface area contributed by atoms with Crippen LogP contribution >= 0.6 is 0 Å². The van der Waals surface area contributed by atoms with Crippen LogP contribution < -0.4 is 10.6 Å². The minimum Gasteiger partial charge on any atom is -0.466 e. The summed E-state index contributed by atoms with van der Waals surface area (Å²) < 4.78 is 4.85. The Morgan fingerprint density at radius 3 is 2.50 bits per heavy atom. The van der Waals surface area contributed by atoms with Crippen LogP contribution in [0.5, 0.6) is 0 Å². The summed E-state index contributed by atoms with van der Waals surface area (Å²) in [6.07, 6.45) is 2.44. The quantitative estimate of drug-likeness (QED) is 0.454. The highest BCUT2D eigenvalue weighted by atomic mass is 16.5. The van der Waals surface area contributed by atoms with Gasteiger partial charge < -0.3 is 15.4 Å². The molecule has 0 fully saturated rings. The molecular formula is C13H25BN2O2. The van der Waals surface area contributed by atoms with Crippen LogP contribution in [0.4, 0.5) is 0 Å². The maximum Gasteiger partial charge on any atom is 0.307 e. The summed E-state index contributed by atoms with van der Waals surface area (Å²) >= 11 is 0. The van der Waals surface area contributed by atoms with Gasteiger partial charge in [0.05, 0.1) is 13.0 Å². The molecule has 0 amide bonds. The van der Waals surface area contributed by atoms with Crippen LogP contribution in [0.2, 0.25) is 0 Å². The lowest BCUT2D eigenvalue weighted by atomic mass is 10.0. The SMILES string of the molecule is [B]C(=C)NC(C)CCC(C)NCCC(=O)OCC.